The summed E-state index contributed by atoms with van der Waals surface area (Å²) in [5.41, 5.74) is -0.111. The van der Waals surface area contributed by atoms with Crippen LogP contribution >= 0.6 is 0 Å². The summed E-state index contributed by atoms with van der Waals surface area (Å²) in [7, 11) is 0. The Hall–Kier alpha value is -2.24. The number of carboxylic acids is 1. The number of nitrogens with one attached hydrogen (secondary N) is 1. The lowest BCUT2D eigenvalue weighted by atomic mass is 10.1. The molecule has 2 N–H and O–H groups in total. The van der Waals surface area contributed by atoms with Crippen LogP contribution < -0.4 is 5.32 Å². The predicted octanol–water partition coefficient (Wildman–Crippen LogP) is 2.57. The number of anilines is 1. The van der Waals surface area contributed by atoms with Crippen LogP contribution in [0.1, 0.15) is 24.2 Å². The molecule has 4 nitrogen and oxygen atoms in total. The van der Waals surface area contributed by atoms with E-state index in [-0.39, 0.29) is 5.69 Å². The number of carboxylic acid groups (broad SMARTS) is 1. The second kappa shape index (κ2) is 5.39. The quantitative estimate of drug-likeness (QED) is 0.816. The lowest BCUT2D eigenvalue weighted by molar-refractivity contribution is -0.111. The van der Waals surface area contributed by atoms with Gasteiger partial charge in [0.2, 0.25) is 5.91 Å². The number of carbonyl (C=O) groups excluding carboxylic acids is 1. The van der Waals surface area contributed by atoms with Crippen molar-refractivity contribution in [2.45, 2.75) is 13.8 Å². The molecule has 0 aromatic heterocycles. The summed E-state index contributed by atoms with van der Waals surface area (Å²) in [4.78, 5) is 22.2. The molecule has 1 rings (SSSR count). The zero-order chi connectivity index (χ0) is 13.9. The lowest BCUT2D eigenvalue weighted by Crippen LogP contribution is -2.13. The molecule has 6 heteroatoms. The summed E-state index contributed by atoms with van der Waals surface area (Å²) in [6, 6.07) is 1.16. The highest BCUT2D eigenvalue weighted by Gasteiger charge is 2.16. The number of rotatable bonds is 3. The summed E-state index contributed by atoms with van der Waals surface area (Å²) in [5, 5.41) is 11.0. The molecule has 0 atom stereocenters. The number of halogens is 2. The van der Waals surface area contributed by atoms with Gasteiger partial charge in [0.05, 0.1) is 11.3 Å². The molecule has 1 aromatic rings. The molecule has 0 bridgehead atoms. The van der Waals surface area contributed by atoms with Crippen molar-refractivity contribution in [1.29, 1.82) is 0 Å². The summed E-state index contributed by atoms with van der Waals surface area (Å²) in [6.07, 6.45) is 1.22. The van der Waals surface area contributed by atoms with Gasteiger partial charge in [-0.3, -0.25) is 4.79 Å². The zero-order valence-corrected chi connectivity index (χ0v) is 9.75. The molecule has 0 aliphatic rings. The van der Waals surface area contributed by atoms with Gasteiger partial charge in [-0.1, -0.05) is 5.57 Å². The van der Waals surface area contributed by atoms with E-state index in [9.17, 15) is 18.4 Å². The summed E-state index contributed by atoms with van der Waals surface area (Å²) < 4.78 is 25.9. The highest BCUT2D eigenvalue weighted by atomic mass is 19.2. The van der Waals surface area contributed by atoms with Crippen molar-refractivity contribution in [2.75, 3.05) is 5.32 Å². The van der Waals surface area contributed by atoms with E-state index in [4.69, 9.17) is 5.11 Å². The van der Waals surface area contributed by atoms with E-state index in [0.717, 1.165) is 0 Å². The molecule has 18 heavy (non-hydrogen) atoms. The number of aromatic carboxylic acids is 1. The maximum atomic E-state index is 13.0. The fraction of sp³-hybridized carbons (Fsp3) is 0.167. The van der Waals surface area contributed by atoms with Crippen LogP contribution in [0.25, 0.3) is 0 Å². The predicted molar refractivity (Wildman–Crippen MR) is 61.4 cm³/mol. The standard InChI is InChI=1S/C12H11F2NO3/c1-6(2)3-11(16)15-10-5-9(14)8(13)4-7(10)12(17)18/h3-5H,1-2H3,(H,15,16)(H,17,18). The van der Waals surface area contributed by atoms with E-state index in [2.05, 4.69) is 5.32 Å². The third-order valence-electron chi connectivity index (χ3n) is 1.97. The number of hydrogen-bond donors (Lipinski definition) is 2. The Labute approximate surface area is 102 Å². The molecule has 96 valence electrons. The summed E-state index contributed by atoms with van der Waals surface area (Å²) >= 11 is 0. The van der Waals surface area contributed by atoms with Crippen LogP contribution in [0.15, 0.2) is 23.8 Å². The number of allylic oxidation sites excluding steroid dienone is 1. The molecule has 0 heterocycles. The van der Waals surface area contributed by atoms with Gasteiger partial charge in [-0.15, -0.1) is 0 Å². The van der Waals surface area contributed by atoms with Crippen molar-refractivity contribution >= 4 is 17.6 Å². The van der Waals surface area contributed by atoms with Gasteiger partial charge < -0.3 is 10.4 Å². The highest BCUT2D eigenvalue weighted by molar-refractivity contribution is 6.04. The molecule has 0 aliphatic heterocycles. The third-order valence-corrected chi connectivity index (χ3v) is 1.97. The number of hydrogen-bond acceptors (Lipinski definition) is 2. The maximum absolute atomic E-state index is 13.0. The van der Waals surface area contributed by atoms with Gasteiger partial charge in [0.1, 0.15) is 0 Å². The van der Waals surface area contributed by atoms with Gasteiger partial charge in [-0.05, 0) is 19.9 Å². The van der Waals surface area contributed by atoms with Crippen molar-refractivity contribution in [3.05, 3.63) is 41.0 Å². The summed E-state index contributed by atoms with van der Waals surface area (Å²) in [6.45, 7) is 3.34. The molecule has 0 aliphatic carbocycles. The van der Waals surface area contributed by atoms with Crippen LogP contribution in [0.2, 0.25) is 0 Å². The van der Waals surface area contributed by atoms with E-state index >= 15 is 0 Å². The zero-order valence-electron chi connectivity index (χ0n) is 9.75. The second-order valence-electron chi connectivity index (χ2n) is 3.83. The molecule has 0 fully saturated rings. The van der Waals surface area contributed by atoms with Crippen molar-refractivity contribution < 1.29 is 23.5 Å². The van der Waals surface area contributed by atoms with E-state index in [0.29, 0.717) is 17.7 Å². The highest BCUT2D eigenvalue weighted by Crippen LogP contribution is 2.20. The average molecular weight is 255 g/mol. The largest absolute Gasteiger partial charge is 0.478 e. The molecular weight excluding hydrogens is 244 g/mol. The van der Waals surface area contributed by atoms with E-state index < -0.39 is 29.1 Å². The van der Waals surface area contributed by atoms with Gasteiger partial charge >= 0.3 is 5.97 Å². The van der Waals surface area contributed by atoms with Gasteiger partial charge in [-0.2, -0.15) is 0 Å². The molecule has 0 saturated carbocycles. The first-order valence-corrected chi connectivity index (χ1v) is 4.99. The third kappa shape index (κ3) is 3.38. The molecular formula is C12H11F2NO3. The first kappa shape index (κ1) is 13.8. The van der Waals surface area contributed by atoms with Crippen LogP contribution in [0.4, 0.5) is 14.5 Å². The van der Waals surface area contributed by atoms with Crippen molar-refractivity contribution in [1.82, 2.24) is 0 Å². The number of carbonyl (C=O) groups is 2. The fourth-order valence-electron chi connectivity index (χ4n) is 1.26. The smallest absolute Gasteiger partial charge is 0.337 e. The van der Waals surface area contributed by atoms with E-state index in [1.165, 1.54) is 6.08 Å². The normalized spacial score (nSPS) is 9.78. The van der Waals surface area contributed by atoms with E-state index in [1.54, 1.807) is 13.8 Å². The Bertz CT molecular complexity index is 534. The van der Waals surface area contributed by atoms with Gasteiger partial charge in [-0.25, -0.2) is 13.6 Å². The molecule has 1 amide bonds. The Morgan fingerprint density at radius 1 is 1.22 bits per heavy atom. The Morgan fingerprint density at radius 2 is 1.78 bits per heavy atom. The van der Waals surface area contributed by atoms with Crippen molar-refractivity contribution in [2.24, 2.45) is 0 Å². The minimum absolute atomic E-state index is 0.288. The van der Waals surface area contributed by atoms with Crippen LogP contribution in [0.3, 0.4) is 0 Å². The van der Waals surface area contributed by atoms with Gasteiger partial charge in [0.25, 0.3) is 0 Å². The monoisotopic (exact) mass is 255 g/mol. The maximum Gasteiger partial charge on any atom is 0.337 e. The minimum atomic E-state index is -1.46. The summed E-state index contributed by atoms with van der Waals surface area (Å²) in [5.74, 6) is -4.58. The van der Waals surface area contributed by atoms with E-state index in [1.807, 2.05) is 0 Å². The molecule has 0 radical (unpaired) electrons. The van der Waals surface area contributed by atoms with Crippen LogP contribution in [-0.4, -0.2) is 17.0 Å². The van der Waals surface area contributed by atoms with Gasteiger partial charge in [0, 0.05) is 12.1 Å². The van der Waals surface area contributed by atoms with Crippen LogP contribution in [0.5, 0.6) is 0 Å². The van der Waals surface area contributed by atoms with Crippen LogP contribution in [-0.2, 0) is 4.79 Å². The van der Waals surface area contributed by atoms with Crippen molar-refractivity contribution in [3.8, 4) is 0 Å². The topological polar surface area (TPSA) is 66.4 Å². The SMILES string of the molecule is CC(C)=CC(=O)Nc1cc(F)c(F)cc1C(=O)O. The Balaban J connectivity index is 3.15. The second-order valence-corrected chi connectivity index (χ2v) is 3.83. The Kier molecular flexibility index (Phi) is 4.14. The minimum Gasteiger partial charge on any atom is -0.478 e. The number of amides is 1. The molecule has 1 aromatic carbocycles. The average Bonchev–Trinajstić information content (AvgIpc) is 2.21. The fourth-order valence-corrected chi connectivity index (χ4v) is 1.26. The van der Waals surface area contributed by atoms with Gasteiger partial charge in [0.15, 0.2) is 11.6 Å². The lowest BCUT2D eigenvalue weighted by Gasteiger charge is -2.07. The number of benzene rings is 1. The first-order valence-electron chi connectivity index (χ1n) is 4.99. The molecule has 0 spiro atoms. The Morgan fingerprint density at radius 3 is 2.28 bits per heavy atom. The molecule has 0 unspecified atom stereocenters. The molecule has 0 saturated heterocycles. The van der Waals surface area contributed by atoms with Crippen LogP contribution in [0, 0.1) is 11.6 Å². The van der Waals surface area contributed by atoms with Crippen molar-refractivity contribution in [3.63, 3.8) is 0 Å². The first-order chi connectivity index (χ1) is 8.31.